The maximum Gasteiger partial charge on any atom is 0.215 e. The Morgan fingerprint density at radius 3 is 2.57 bits per heavy atom. The van der Waals surface area contributed by atoms with Crippen molar-refractivity contribution in [3.8, 4) is 5.88 Å². The second-order valence-corrected chi connectivity index (χ2v) is 6.07. The van der Waals surface area contributed by atoms with Gasteiger partial charge in [-0.15, -0.1) is 0 Å². The minimum absolute atomic E-state index is 0.559. The van der Waals surface area contributed by atoms with Crippen molar-refractivity contribution in [2.75, 3.05) is 12.8 Å². The second kappa shape index (κ2) is 5.92. The van der Waals surface area contributed by atoms with Crippen LogP contribution in [0.3, 0.4) is 0 Å². The Kier molecular flexibility index (Phi) is 3.99. The smallest absolute Gasteiger partial charge is 0.215 e. The van der Waals surface area contributed by atoms with Gasteiger partial charge in [0.15, 0.2) is 5.65 Å². The van der Waals surface area contributed by atoms with Crippen molar-refractivity contribution in [3.05, 3.63) is 12.1 Å². The number of hydrogen-bond donors (Lipinski definition) is 1. The van der Waals surface area contributed by atoms with Gasteiger partial charge >= 0.3 is 0 Å². The van der Waals surface area contributed by atoms with Crippen LogP contribution in [0.1, 0.15) is 39.0 Å². The van der Waals surface area contributed by atoms with E-state index in [2.05, 4.69) is 21.5 Å². The number of rotatable bonds is 4. The maximum atomic E-state index is 6.09. The Labute approximate surface area is 125 Å². The van der Waals surface area contributed by atoms with E-state index in [1.165, 1.54) is 32.1 Å². The molecule has 1 aliphatic carbocycles. The molecular formula is C16H24N4O. The highest BCUT2D eigenvalue weighted by molar-refractivity contribution is 5.74. The predicted octanol–water partition coefficient (Wildman–Crippen LogP) is 3.24. The van der Waals surface area contributed by atoms with Gasteiger partial charge in [0.25, 0.3) is 0 Å². The van der Waals surface area contributed by atoms with Crippen LogP contribution in [0.15, 0.2) is 12.1 Å². The minimum Gasteiger partial charge on any atom is -0.481 e. The molecule has 2 aromatic heterocycles. The molecule has 3 rings (SSSR count). The Bertz CT molecular complexity index is 614. The molecule has 2 N–H and O–H groups in total. The van der Waals surface area contributed by atoms with Crippen molar-refractivity contribution in [1.82, 2.24) is 14.5 Å². The number of ether oxygens (including phenoxy) is 1. The monoisotopic (exact) mass is 288 g/mol. The van der Waals surface area contributed by atoms with Gasteiger partial charge in [-0.2, -0.15) is 4.98 Å². The summed E-state index contributed by atoms with van der Waals surface area (Å²) in [5.41, 5.74) is 7.77. The largest absolute Gasteiger partial charge is 0.481 e. The quantitative estimate of drug-likeness (QED) is 0.938. The molecule has 1 saturated carbocycles. The Balaban J connectivity index is 1.81. The Morgan fingerprint density at radius 2 is 1.90 bits per heavy atom. The Morgan fingerprint density at radius 1 is 1.19 bits per heavy atom. The van der Waals surface area contributed by atoms with Crippen molar-refractivity contribution in [3.63, 3.8) is 0 Å². The maximum absolute atomic E-state index is 6.09. The lowest BCUT2D eigenvalue weighted by Gasteiger charge is -2.28. The van der Waals surface area contributed by atoms with E-state index in [0.717, 1.165) is 23.6 Å². The average Bonchev–Trinajstić information content (AvgIpc) is 2.83. The summed E-state index contributed by atoms with van der Waals surface area (Å²) < 4.78 is 7.26. The number of hydrogen-bond acceptors (Lipinski definition) is 4. The molecule has 0 spiro atoms. The molecule has 5 heteroatoms. The van der Waals surface area contributed by atoms with E-state index in [9.17, 15) is 0 Å². The van der Waals surface area contributed by atoms with Gasteiger partial charge in [-0.1, -0.05) is 26.2 Å². The first-order valence-electron chi connectivity index (χ1n) is 7.88. The average molecular weight is 288 g/mol. The number of imidazole rings is 1. The zero-order valence-electron chi connectivity index (χ0n) is 12.9. The van der Waals surface area contributed by atoms with Crippen molar-refractivity contribution >= 4 is 17.1 Å². The molecule has 0 bridgehead atoms. The summed E-state index contributed by atoms with van der Waals surface area (Å²) in [4.78, 5) is 8.92. The summed E-state index contributed by atoms with van der Waals surface area (Å²) in [5.74, 6) is 2.76. The SMILES string of the molecule is CCC1CCC(Cn2c(N)nc3ccc(OC)nc32)CC1. The highest BCUT2D eigenvalue weighted by Crippen LogP contribution is 2.32. The molecule has 2 heterocycles. The number of pyridine rings is 1. The molecule has 2 aromatic rings. The highest BCUT2D eigenvalue weighted by Gasteiger charge is 2.22. The van der Waals surface area contributed by atoms with Crippen molar-refractivity contribution < 1.29 is 4.74 Å². The lowest BCUT2D eigenvalue weighted by molar-refractivity contribution is 0.249. The molecule has 0 aromatic carbocycles. The lowest BCUT2D eigenvalue weighted by Crippen LogP contribution is -2.19. The van der Waals surface area contributed by atoms with Gasteiger partial charge < -0.3 is 10.5 Å². The van der Waals surface area contributed by atoms with Crippen molar-refractivity contribution in [2.24, 2.45) is 11.8 Å². The van der Waals surface area contributed by atoms with Crippen molar-refractivity contribution in [1.29, 1.82) is 0 Å². The first-order chi connectivity index (χ1) is 10.2. The predicted molar refractivity (Wildman–Crippen MR) is 84.2 cm³/mol. The van der Waals surface area contributed by atoms with Crippen LogP contribution in [0.5, 0.6) is 5.88 Å². The molecule has 5 nitrogen and oxygen atoms in total. The van der Waals surface area contributed by atoms with Crippen LogP contribution in [0, 0.1) is 11.8 Å². The van der Waals surface area contributed by atoms with Crippen LogP contribution in [0.25, 0.3) is 11.2 Å². The Hall–Kier alpha value is -1.78. The van der Waals surface area contributed by atoms with Crippen LogP contribution >= 0.6 is 0 Å². The number of anilines is 1. The van der Waals surface area contributed by atoms with Crippen molar-refractivity contribution in [2.45, 2.75) is 45.6 Å². The number of nitrogens with zero attached hydrogens (tertiary/aromatic N) is 3. The molecule has 0 saturated heterocycles. The first-order valence-corrected chi connectivity index (χ1v) is 7.88. The summed E-state index contributed by atoms with van der Waals surface area (Å²) in [6.45, 7) is 3.21. The molecule has 1 aliphatic rings. The van der Waals surface area contributed by atoms with Crippen LogP contribution < -0.4 is 10.5 Å². The van der Waals surface area contributed by atoms with Gasteiger partial charge in [0.05, 0.1) is 7.11 Å². The standard InChI is InChI=1S/C16H24N4O/c1-3-11-4-6-12(7-5-11)10-20-15-13(18-16(20)17)8-9-14(19-15)21-2/h8-9,11-12H,3-7,10H2,1-2H3,(H2,17,18). The third-order valence-electron chi connectivity index (χ3n) is 4.79. The van der Waals surface area contributed by atoms with Gasteiger partial charge in [0.2, 0.25) is 11.8 Å². The third kappa shape index (κ3) is 2.82. The normalized spacial score (nSPS) is 22.6. The van der Waals surface area contributed by atoms with E-state index in [1.54, 1.807) is 7.11 Å². The molecule has 1 fully saturated rings. The molecule has 0 atom stereocenters. The molecule has 114 valence electrons. The highest BCUT2D eigenvalue weighted by atomic mass is 16.5. The number of nitrogen functional groups attached to an aromatic ring is 1. The van der Waals surface area contributed by atoms with E-state index in [-0.39, 0.29) is 0 Å². The lowest BCUT2D eigenvalue weighted by atomic mass is 9.81. The van der Waals surface area contributed by atoms with Gasteiger partial charge in [-0.05, 0) is 30.7 Å². The number of nitrogens with two attached hydrogens (primary N) is 1. The fraction of sp³-hybridized carbons (Fsp3) is 0.625. The molecular weight excluding hydrogens is 264 g/mol. The molecule has 0 amide bonds. The zero-order chi connectivity index (χ0) is 14.8. The first kappa shape index (κ1) is 14.2. The summed E-state index contributed by atoms with van der Waals surface area (Å²) in [6, 6.07) is 3.74. The van der Waals surface area contributed by atoms with Gasteiger partial charge in [0, 0.05) is 12.6 Å². The fourth-order valence-electron chi connectivity index (χ4n) is 3.38. The van der Waals surface area contributed by atoms with E-state index >= 15 is 0 Å². The third-order valence-corrected chi connectivity index (χ3v) is 4.79. The molecule has 0 radical (unpaired) electrons. The minimum atomic E-state index is 0.559. The number of methoxy groups -OCH3 is 1. The van der Waals surface area contributed by atoms with Crippen LogP contribution in [0.4, 0.5) is 5.95 Å². The van der Waals surface area contributed by atoms with Crippen LogP contribution in [-0.2, 0) is 6.54 Å². The molecule has 21 heavy (non-hydrogen) atoms. The molecule has 0 unspecified atom stereocenters. The van der Waals surface area contributed by atoms with E-state index in [1.807, 2.05) is 12.1 Å². The van der Waals surface area contributed by atoms with Gasteiger partial charge in [-0.3, -0.25) is 4.57 Å². The van der Waals surface area contributed by atoms with E-state index in [0.29, 0.717) is 17.7 Å². The number of aromatic nitrogens is 3. The van der Waals surface area contributed by atoms with E-state index in [4.69, 9.17) is 10.5 Å². The summed E-state index contributed by atoms with van der Waals surface area (Å²) in [5, 5.41) is 0. The fourth-order valence-corrected chi connectivity index (χ4v) is 3.38. The van der Waals surface area contributed by atoms with Crippen LogP contribution in [0.2, 0.25) is 0 Å². The summed E-state index contributed by atoms with van der Waals surface area (Å²) in [7, 11) is 1.63. The van der Waals surface area contributed by atoms with Crippen LogP contribution in [-0.4, -0.2) is 21.6 Å². The summed E-state index contributed by atoms with van der Waals surface area (Å²) >= 11 is 0. The zero-order valence-corrected chi connectivity index (χ0v) is 12.9. The van der Waals surface area contributed by atoms with E-state index < -0.39 is 0 Å². The topological polar surface area (TPSA) is 66.0 Å². The molecule has 0 aliphatic heterocycles. The van der Waals surface area contributed by atoms with Gasteiger partial charge in [0.1, 0.15) is 5.52 Å². The summed E-state index contributed by atoms with van der Waals surface area (Å²) in [6.07, 6.45) is 6.54. The van der Waals surface area contributed by atoms with Gasteiger partial charge in [-0.25, -0.2) is 4.98 Å². The number of fused-ring (bicyclic) bond motifs is 1. The second-order valence-electron chi connectivity index (χ2n) is 6.07.